The molecular formula is C9H14BrFO4. The zero-order chi connectivity index (χ0) is 11.6. The fourth-order valence-electron chi connectivity index (χ4n) is 1.37. The topological polar surface area (TPSA) is 55.8 Å². The molecule has 1 aliphatic rings. The standard InChI is InChI=1S/C9H14BrFO4/c1-4-7(11)8(13)6(15-9(4)10)3-14-5(2)12/h4,6-9,13H,3H2,1-2H3. The molecule has 0 aromatic rings. The summed E-state index contributed by atoms with van der Waals surface area (Å²) in [6.07, 6.45) is -3.46. The highest BCUT2D eigenvalue weighted by Crippen LogP contribution is 2.31. The van der Waals surface area contributed by atoms with E-state index in [9.17, 15) is 14.3 Å². The van der Waals surface area contributed by atoms with Crippen molar-refractivity contribution in [3.8, 4) is 0 Å². The number of esters is 1. The molecule has 0 aromatic carbocycles. The molecule has 6 heteroatoms. The van der Waals surface area contributed by atoms with E-state index in [0.717, 1.165) is 0 Å². The van der Waals surface area contributed by atoms with Gasteiger partial charge in [0.15, 0.2) is 0 Å². The van der Waals surface area contributed by atoms with E-state index in [-0.39, 0.29) is 6.61 Å². The third kappa shape index (κ3) is 3.12. The molecule has 0 spiro atoms. The minimum Gasteiger partial charge on any atom is -0.463 e. The average molecular weight is 285 g/mol. The maximum Gasteiger partial charge on any atom is 0.302 e. The number of carbonyl (C=O) groups excluding carboxylic acids is 1. The number of aliphatic hydroxyl groups excluding tert-OH is 1. The zero-order valence-electron chi connectivity index (χ0n) is 8.52. The molecule has 0 aliphatic carbocycles. The summed E-state index contributed by atoms with van der Waals surface area (Å²) >= 11 is 3.16. The van der Waals surface area contributed by atoms with Crippen molar-refractivity contribution in [2.75, 3.05) is 6.61 Å². The number of ether oxygens (including phenoxy) is 2. The Morgan fingerprint density at radius 3 is 2.80 bits per heavy atom. The molecule has 88 valence electrons. The van der Waals surface area contributed by atoms with Gasteiger partial charge in [-0.3, -0.25) is 4.79 Å². The Balaban J connectivity index is 2.54. The number of carbonyl (C=O) groups is 1. The Morgan fingerprint density at radius 1 is 1.67 bits per heavy atom. The van der Waals surface area contributed by atoms with Crippen LogP contribution >= 0.6 is 15.9 Å². The van der Waals surface area contributed by atoms with Gasteiger partial charge in [-0.2, -0.15) is 0 Å². The fraction of sp³-hybridized carbons (Fsp3) is 0.889. The van der Waals surface area contributed by atoms with Crippen LogP contribution in [-0.4, -0.2) is 41.1 Å². The van der Waals surface area contributed by atoms with Gasteiger partial charge in [-0.05, 0) is 0 Å². The summed E-state index contributed by atoms with van der Waals surface area (Å²) in [5.74, 6) is -0.917. The van der Waals surface area contributed by atoms with E-state index in [1.54, 1.807) is 6.92 Å². The Kier molecular flexibility index (Phi) is 4.48. The van der Waals surface area contributed by atoms with Crippen molar-refractivity contribution in [3.63, 3.8) is 0 Å². The molecule has 0 radical (unpaired) electrons. The molecule has 1 fully saturated rings. The maximum absolute atomic E-state index is 13.5. The second-order valence-corrected chi connectivity index (χ2v) is 4.52. The van der Waals surface area contributed by atoms with Crippen molar-refractivity contribution in [1.29, 1.82) is 0 Å². The third-order valence-electron chi connectivity index (χ3n) is 2.38. The van der Waals surface area contributed by atoms with Crippen LogP contribution in [0.15, 0.2) is 0 Å². The molecule has 5 unspecified atom stereocenters. The fourth-order valence-corrected chi connectivity index (χ4v) is 1.94. The van der Waals surface area contributed by atoms with Crippen LogP contribution in [0.3, 0.4) is 0 Å². The first kappa shape index (κ1) is 12.9. The van der Waals surface area contributed by atoms with Gasteiger partial charge in [-0.25, -0.2) is 4.39 Å². The number of aliphatic hydroxyl groups is 1. The summed E-state index contributed by atoms with van der Waals surface area (Å²) in [6.45, 7) is 2.75. The molecule has 1 saturated heterocycles. The lowest BCUT2D eigenvalue weighted by atomic mass is 9.95. The van der Waals surface area contributed by atoms with Crippen LogP contribution in [0.2, 0.25) is 0 Å². The average Bonchev–Trinajstić information content (AvgIpc) is 2.18. The molecule has 0 bridgehead atoms. The van der Waals surface area contributed by atoms with Gasteiger partial charge in [0.25, 0.3) is 0 Å². The van der Waals surface area contributed by atoms with Crippen LogP contribution in [0.1, 0.15) is 13.8 Å². The second-order valence-electron chi connectivity index (χ2n) is 3.62. The summed E-state index contributed by atoms with van der Waals surface area (Å²) in [5.41, 5.74) is 0. The van der Waals surface area contributed by atoms with E-state index >= 15 is 0 Å². The summed E-state index contributed by atoms with van der Waals surface area (Å²) in [4.78, 5) is 10.6. The Hall–Kier alpha value is -0.200. The number of halogens is 2. The van der Waals surface area contributed by atoms with Crippen LogP contribution in [0, 0.1) is 5.92 Å². The predicted molar refractivity (Wildman–Crippen MR) is 54.3 cm³/mol. The number of hydrogen-bond acceptors (Lipinski definition) is 4. The lowest BCUT2D eigenvalue weighted by Crippen LogP contribution is -2.51. The van der Waals surface area contributed by atoms with E-state index in [1.165, 1.54) is 6.92 Å². The van der Waals surface area contributed by atoms with E-state index in [0.29, 0.717) is 0 Å². The lowest BCUT2D eigenvalue weighted by molar-refractivity contribution is -0.174. The Bertz CT molecular complexity index is 238. The third-order valence-corrected chi connectivity index (χ3v) is 3.43. The normalized spacial score (nSPS) is 41.3. The van der Waals surface area contributed by atoms with Crippen LogP contribution in [0.25, 0.3) is 0 Å². The predicted octanol–water partition coefficient (Wildman–Crippen LogP) is 1.00. The Morgan fingerprint density at radius 2 is 2.27 bits per heavy atom. The SMILES string of the molecule is CC(=O)OCC1OC(Br)C(C)C(F)C1O. The van der Waals surface area contributed by atoms with Crippen LogP contribution in [-0.2, 0) is 14.3 Å². The number of alkyl halides is 2. The van der Waals surface area contributed by atoms with E-state index in [1.807, 2.05) is 0 Å². The van der Waals surface area contributed by atoms with Crippen molar-refractivity contribution in [1.82, 2.24) is 0 Å². The highest BCUT2D eigenvalue weighted by molar-refractivity contribution is 9.09. The van der Waals surface area contributed by atoms with Gasteiger partial charge in [0, 0.05) is 12.8 Å². The second kappa shape index (κ2) is 5.23. The highest BCUT2D eigenvalue weighted by atomic mass is 79.9. The summed E-state index contributed by atoms with van der Waals surface area (Å²) in [7, 11) is 0. The highest BCUT2D eigenvalue weighted by Gasteiger charge is 2.42. The van der Waals surface area contributed by atoms with Crippen molar-refractivity contribution in [3.05, 3.63) is 0 Å². The van der Waals surface area contributed by atoms with Gasteiger partial charge in [-0.15, -0.1) is 0 Å². The smallest absolute Gasteiger partial charge is 0.302 e. The molecule has 0 amide bonds. The lowest BCUT2D eigenvalue weighted by Gasteiger charge is -2.37. The van der Waals surface area contributed by atoms with Crippen molar-refractivity contribution in [2.45, 2.75) is 37.2 Å². The van der Waals surface area contributed by atoms with Gasteiger partial charge in [0.05, 0.1) is 0 Å². The minimum atomic E-state index is -1.39. The van der Waals surface area contributed by atoms with Gasteiger partial charge < -0.3 is 14.6 Å². The van der Waals surface area contributed by atoms with Gasteiger partial charge in [0.1, 0.15) is 30.0 Å². The molecule has 1 aliphatic heterocycles. The largest absolute Gasteiger partial charge is 0.463 e. The van der Waals surface area contributed by atoms with Crippen molar-refractivity contribution >= 4 is 21.9 Å². The molecule has 5 atom stereocenters. The van der Waals surface area contributed by atoms with E-state index < -0.39 is 35.3 Å². The molecule has 4 nitrogen and oxygen atoms in total. The minimum absolute atomic E-state index is 0.133. The summed E-state index contributed by atoms with van der Waals surface area (Å²) < 4.78 is 23.4. The molecular weight excluding hydrogens is 271 g/mol. The number of hydrogen-bond donors (Lipinski definition) is 1. The monoisotopic (exact) mass is 284 g/mol. The van der Waals surface area contributed by atoms with E-state index in [4.69, 9.17) is 4.74 Å². The molecule has 1 N–H and O–H groups in total. The van der Waals surface area contributed by atoms with Gasteiger partial charge >= 0.3 is 5.97 Å². The molecule has 1 heterocycles. The van der Waals surface area contributed by atoms with Crippen LogP contribution in [0.4, 0.5) is 4.39 Å². The van der Waals surface area contributed by atoms with E-state index in [2.05, 4.69) is 20.7 Å². The van der Waals surface area contributed by atoms with Crippen LogP contribution < -0.4 is 0 Å². The first-order valence-electron chi connectivity index (χ1n) is 4.68. The molecule has 0 aromatic heterocycles. The zero-order valence-corrected chi connectivity index (χ0v) is 10.1. The van der Waals surface area contributed by atoms with Crippen molar-refractivity contribution < 1.29 is 23.8 Å². The number of rotatable bonds is 2. The molecule has 0 saturated carbocycles. The van der Waals surface area contributed by atoms with Crippen molar-refractivity contribution in [2.24, 2.45) is 5.92 Å². The van der Waals surface area contributed by atoms with Gasteiger partial charge in [-0.1, -0.05) is 22.9 Å². The summed E-state index contributed by atoms with van der Waals surface area (Å²) in [5, 5.41) is 9.05. The molecule has 1 rings (SSSR count). The first-order chi connectivity index (χ1) is 6.93. The van der Waals surface area contributed by atoms with Crippen LogP contribution in [0.5, 0.6) is 0 Å². The first-order valence-corrected chi connectivity index (χ1v) is 5.60. The van der Waals surface area contributed by atoms with Gasteiger partial charge in [0.2, 0.25) is 0 Å². The maximum atomic E-state index is 13.5. The Labute approximate surface area is 95.9 Å². The summed E-state index contributed by atoms with van der Waals surface area (Å²) in [6, 6.07) is 0. The molecule has 15 heavy (non-hydrogen) atoms. The quantitative estimate of drug-likeness (QED) is 0.607.